The van der Waals surface area contributed by atoms with E-state index in [1.807, 2.05) is 13.0 Å². The Balaban J connectivity index is 1.39. The van der Waals surface area contributed by atoms with Crippen molar-refractivity contribution in [2.45, 2.75) is 19.4 Å². The zero-order valence-corrected chi connectivity index (χ0v) is 19.1. The lowest BCUT2D eigenvalue weighted by molar-refractivity contribution is -0.0830. The van der Waals surface area contributed by atoms with Crippen LogP contribution in [0.1, 0.15) is 34.8 Å². The fourth-order valence-corrected chi connectivity index (χ4v) is 4.02. The largest absolute Gasteiger partial charge is 0.383 e. The van der Waals surface area contributed by atoms with Crippen LogP contribution < -0.4 is 11.1 Å². The number of nitrogen functional groups attached to an aromatic ring is 1. The summed E-state index contributed by atoms with van der Waals surface area (Å²) in [5.41, 5.74) is 9.94. The topological polar surface area (TPSA) is 111 Å². The SMILES string of the molecule is Cc1ccc(NC(=O)N2OCC[C@@H]2c2cccc(F)c2)cc1C#Cc1nn(C)c2ncnc(N)c12. The molecule has 5 rings (SSSR count). The van der Waals surface area contributed by atoms with E-state index in [-0.39, 0.29) is 11.9 Å². The summed E-state index contributed by atoms with van der Waals surface area (Å²) in [6.07, 6.45) is 1.96. The number of nitrogens with two attached hydrogens (primary N) is 1. The predicted octanol–water partition coefficient (Wildman–Crippen LogP) is 3.70. The fraction of sp³-hybridized carbons (Fsp3) is 0.200. The van der Waals surface area contributed by atoms with Crippen LogP contribution in [0.25, 0.3) is 11.0 Å². The highest BCUT2D eigenvalue weighted by Crippen LogP contribution is 2.31. The maximum atomic E-state index is 13.7. The van der Waals surface area contributed by atoms with Gasteiger partial charge in [-0.15, -0.1) is 0 Å². The Morgan fingerprint density at radius 1 is 1.23 bits per heavy atom. The molecule has 4 aromatic rings. The summed E-state index contributed by atoms with van der Waals surface area (Å²) in [6.45, 7) is 2.29. The summed E-state index contributed by atoms with van der Waals surface area (Å²) < 4.78 is 15.3. The van der Waals surface area contributed by atoms with Gasteiger partial charge in [0, 0.05) is 24.7 Å². The minimum Gasteiger partial charge on any atom is -0.383 e. The lowest BCUT2D eigenvalue weighted by Crippen LogP contribution is -2.33. The predicted molar refractivity (Wildman–Crippen MR) is 128 cm³/mol. The van der Waals surface area contributed by atoms with Crippen molar-refractivity contribution in [3.8, 4) is 11.8 Å². The number of carbonyl (C=O) groups excluding carboxylic acids is 1. The number of nitrogens with zero attached hydrogens (tertiary/aromatic N) is 5. The lowest BCUT2D eigenvalue weighted by Gasteiger charge is -2.23. The van der Waals surface area contributed by atoms with Crippen molar-refractivity contribution in [3.63, 3.8) is 0 Å². The molecule has 3 N–H and O–H groups in total. The van der Waals surface area contributed by atoms with Gasteiger partial charge >= 0.3 is 6.03 Å². The van der Waals surface area contributed by atoms with Gasteiger partial charge in [0.25, 0.3) is 0 Å². The highest BCUT2D eigenvalue weighted by molar-refractivity contribution is 5.91. The van der Waals surface area contributed by atoms with Crippen molar-refractivity contribution in [1.82, 2.24) is 24.8 Å². The van der Waals surface area contributed by atoms with Gasteiger partial charge in [0.05, 0.1) is 18.0 Å². The molecule has 0 aliphatic carbocycles. The second kappa shape index (κ2) is 9.04. The van der Waals surface area contributed by atoms with Crippen molar-refractivity contribution in [2.24, 2.45) is 7.05 Å². The number of amides is 2. The second-order valence-corrected chi connectivity index (χ2v) is 8.16. The molecule has 0 unspecified atom stereocenters. The highest BCUT2D eigenvalue weighted by Gasteiger charge is 2.32. The molecule has 3 heterocycles. The third kappa shape index (κ3) is 4.37. The zero-order chi connectivity index (χ0) is 24.5. The Bertz CT molecular complexity index is 1500. The van der Waals surface area contributed by atoms with Gasteiger partial charge < -0.3 is 11.1 Å². The van der Waals surface area contributed by atoms with Crippen LogP contribution in [0, 0.1) is 24.6 Å². The first kappa shape index (κ1) is 22.3. The normalized spacial score (nSPS) is 15.2. The first-order valence-corrected chi connectivity index (χ1v) is 10.9. The maximum Gasteiger partial charge on any atom is 0.346 e. The summed E-state index contributed by atoms with van der Waals surface area (Å²) in [7, 11) is 1.76. The number of aryl methyl sites for hydroxylation is 2. The number of hydrogen-bond donors (Lipinski definition) is 2. The molecule has 1 fully saturated rings. The van der Waals surface area contributed by atoms with Gasteiger partial charge in [-0.05, 0) is 48.2 Å². The quantitative estimate of drug-likeness (QED) is 0.431. The number of rotatable bonds is 2. The van der Waals surface area contributed by atoms with Gasteiger partial charge in [-0.2, -0.15) is 10.2 Å². The number of nitrogens with one attached hydrogen (secondary N) is 1. The summed E-state index contributed by atoms with van der Waals surface area (Å²) in [4.78, 5) is 26.8. The molecule has 0 radical (unpaired) electrons. The number of anilines is 2. The van der Waals surface area contributed by atoms with Crippen LogP contribution in [-0.4, -0.2) is 37.4 Å². The molecule has 1 atom stereocenters. The number of carbonyl (C=O) groups is 1. The summed E-state index contributed by atoms with van der Waals surface area (Å²) in [6, 6.07) is 10.8. The van der Waals surface area contributed by atoms with Gasteiger partial charge in [-0.1, -0.05) is 24.1 Å². The van der Waals surface area contributed by atoms with E-state index >= 15 is 0 Å². The molecule has 2 aromatic carbocycles. The van der Waals surface area contributed by atoms with Crippen molar-refractivity contribution < 1.29 is 14.0 Å². The minimum absolute atomic E-state index is 0.309. The van der Waals surface area contributed by atoms with Gasteiger partial charge in [0.15, 0.2) is 5.65 Å². The van der Waals surface area contributed by atoms with Crippen LogP contribution >= 0.6 is 0 Å². The van der Waals surface area contributed by atoms with E-state index in [1.165, 1.54) is 23.5 Å². The number of fused-ring (bicyclic) bond motifs is 1. The van der Waals surface area contributed by atoms with Crippen molar-refractivity contribution in [1.29, 1.82) is 0 Å². The van der Waals surface area contributed by atoms with Crippen molar-refractivity contribution in [3.05, 3.63) is 77.0 Å². The van der Waals surface area contributed by atoms with Crippen molar-refractivity contribution >= 4 is 28.6 Å². The number of hydroxylamine groups is 2. The second-order valence-electron chi connectivity index (χ2n) is 8.16. The molecule has 0 spiro atoms. The first-order chi connectivity index (χ1) is 16.9. The van der Waals surface area contributed by atoms with Crippen LogP contribution in [0.15, 0.2) is 48.8 Å². The molecular formula is C25H22FN7O2. The van der Waals surface area contributed by atoms with Gasteiger partial charge in [0.1, 0.15) is 23.7 Å². The van der Waals surface area contributed by atoms with Crippen LogP contribution in [-0.2, 0) is 11.9 Å². The number of hydrogen-bond acceptors (Lipinski definition) is 6. The molecule has 1 aliphatic rings. The van der Waals surface area contributed by atoms with Gasteiger partial charge in [-0.3, -0.25) is 4.84 Å². The number of benzene rings is 2. The third-order valence-corrected chi connectivity index (χ3v) is 5.79. The Morgan fingerprint density at radius 3 is 2.91 bits per heavy atom. The van der Waals surface area contributed by atoms with E-state index in [2.05, 4.69) is 32.2 Å². The fourth-order valence-electron chi connectivity index (χ4n) is 4.02. The number of urea groups is 1. The van der Waals surface area contributed by atoms with E-state index in [0.717, 1.165) is 5.56 Å². The molecule has 0 saturated carbocycles. The van der Waals surface area contributed by atoms with Gasteiger partial charge in [0.2, 0.25) is 0 Å². The molecule has 1 aliphatic heterocycles. The first-order valence-electron chi connectivity index (χ1n) is 10.9. The minimum atomic E-state index is -0.444. The molecule has 2 aromatic heterocycles. The molecule has 1 saturated heterocycles. The number of halogens is 1. The summed E-state index contributed by atoms with van der Waals surface area (Å²) in [5.74, 6) is 6.11. The molecule has 176 valence electrons. The van der Waals surface area contributed by atoms with E-state index in [1.54, 1.807) is 36.0 Å². The lowest BCUT2D eigenvalue weighted by atomic mass is 10.0. The van der Waals surface area contributed by atoms with E-state index in [0.29, 0.717) is 52.4 Å². The molecule has 10 heteroatoms. The summed E-state index contributed by atoms with van der Waals surface area (Å²) >= 11 is 0. The van der Waals surface area contributed by atoms with Crippen LogP contribution in [0.5, 0.6) is 0 Å². The monoisotopic (exact) mass is 471 g/mol. The maximum absolute atomic E-state index is 13.7. The molecule has 9 nitrogen and oxygen atoms in total. The Morgan fingerprint density at radius 2 is 2.09 bits per heavy atom. The van der Waals surface area contributed by atoms with Gasteiger partial charge in [-0.25, -0.2) is 23.8 Å². The zero-order valence-electron chi connectivity index (χ0n) is 19.1. The van der Waals surface area contributed by atoms with Crippen LogP contribution in [0.2, 0.25) is 0 Å². The Labute approximate surface area is 200 Å². The smallest absolute Gasteiger partial charge is 0.346 e. The average Bonchev–Trinajstić information content (AvgIpc) is 3.45. The van der Waals surface area contributed by atoms with E-state index in [4.69, 9.17) is 10.6 Å². The molecule has 0 bridgehead atoms. The highest BCUT2D eigenvalue weighted by atomic mass is 19.1. The average molecular weight is 471 g/mol. The van der Waals surface area contributed by atoms with E-state index in [9.17, 15) is 9.18 Å². The van der Waals surface area contributed by atoms with Crippen LogP contribution in [0.4, 0.5) is 20.7 Å². The standard InChI is InChI=1S/C25H22FN7O2/c1-15-6-8-19(30-25(34)33-21(10-11-35-33)17-4-3-5-18(26)12-17)13-16(15)7-9-20-22-23(27)28-14-29-24(22)32(2)31-20/h3-6,8,12-14,21H,10-11H2,1-2H3,(H,30,34)(H2,27,28,29)/t21-/m1/s1. The summed E-state index contributed by atoms with van der Waals surface area (Å²) in [5, 5.41) is 9.10. The molecular weight excluding hydrogens is 449 g/mol. The van der Waals surface area contributed by atoms with Crippen molar-refractivity contribution in [2.75, 3.05) is 17.7 Å². The number of aromatic nitrogens is 4. The molecule has 35 heavy (non-hydrogen) atoms. The third-order valence-electron chi connectivity index (χ3n) is 5.79. The molecule has 2 amide bonds. The Kier molecular flexibility index (Phi) is 5.76. The van der Waals surface area contributed by atoms with E-state index < -0.39 is 6.03 Å². The van der Waals surface area contributed by atoms with Crippen LogP contribution in [0.3, 0.4) is 0 Å². The Hall–Kier alpha value is -4.49.